The monoisotopic (exact) mass is 355 g/mol. The Morgan fingerprint density at radius 3 is 1.88 bits per heavy atom. The lowest BCUT2D eigenvalue weighted by molar-refractivity contribution is -0.144. The molecular weight excluding hydrogens is 330 g/mol. The second kappa shape index (κ2) is 11.7. The fourth-order valence-electron chi connectivity index (χ4n) is 1.57. The van der Waals surface area contributed by atoms with E-state index in [-0.39, 0.29) is 19.1 Å². The summed E-state index contributed by atoms with van der Waals surface area (Å²) in [6.45, 7) is 9.82. The van der Waals surface area contributed by atoms with Crippen LogP contribution in [0.25, 0.3) is 0 Å². The van der Waals surface area contributed by atoms with Gasteiger partial charge < -0.3 is 25.4 Å². The van der Waals surface area contributed by atoms with E-state index in [2.05, 4.69) is 29.1 Å². The minimum Gasteiger partial charge on any atom is -0.460 e. The van der Waals surface area contributed by atoms with Crippen molar-refractivity contribution in [1.82, 2.24) is 16.0 Å². The Kier molecular flexibility index (Phi) is 10.3. The smallest absolute Gasteiger partial charge is 0.330 e. The standard InChI is InChI=1S/C16H25N3O6/c1-5-13(21)24-10-16(4,11-25-14(22)6-2)19-15(23)18-9-7-8-17-12(3)20/h5-6H,1-2,7-11H2,3-4H3,(H,17,20)(H2,18,19,23). The highest BCUT2D eigenvalue weighted by Gasteiger charge is 2.30. The number of carbonyl (C=O) groups excluding carboxylic acids is 4. The van der Waals surface area contributed by atoms with Crippen LogP contribution < -0.4 is 16.0 Å². The van der Waals surface area contributed by atoms with E-state index in [1.54, 1.807) is 6.92 Å². The zero-order chi connectivity index (χ0) is 19.3. The van der Waals surface area contributed by atoms with Gasteiger partial charge in [-0.3, -0.25) is 4.79 Å². The van der Waals surface area contributed by atoms with Crippen molar-refractivity contribution in [1.29, 1.82) is 0 Å². The van der Waals surface area contributed by atoms with Gasteiger partial charge in [-0.05, 0) is 13.3 Å². The van der Waals surface area contributed by atoms with Gasteiger partial charge >= 0.3 is 18.0 Å². The molecule has 0 heterocycles. The molecule has 0 rings (SSSR count). The third-order valence-electron chi connectivity index (χ3n) is 2.83. The van der Waals surface area contributed by atoms with Gasteiger partial charge in [0, 0.05) is 32.2 Å². The van der Waals surface area contributed by atoms with Crippen molar-refractivity contribution in [3.8, 4) is 0 Å². The van der Waals surface area contributed by atoms with Crippen LogP contribution in [0.2, 0.25) is 0 Å². The molecule has 0 saturated carbocycles. The summed E-state index contributed by atoms with van der Waals surface area (Å²) in [7, 11) is 0. The first kappa shape index (κ1) is 22.2. The number of hydrogen-bond acceptors (Lipinski definition) is 6. The number of amides is 3. The van der Waals surface area contributed by atoms with Crippen molar-refractivity contribution in [3.63, 3.8) is 0 Å². The van der Waals surface area contributed by atoms with Crippen LogP contribution in [0.4, 0.5) is 4.79 Å². The predicted octanol–water partition coefficient (Wildman–Crippen LogP) is 0.0289. The first-order chi connectivity index (χ1) is 11.7. The van der Waals surface area contributed by atoms with Crippen LogP contribution >= 0.6 is 0 Å². The predicted molar refractivity (Wildman–Crippen MR) is 90.6 cm³/mol. The first-order valence-corrected chi connectivity index (χ1v) is 7.61. The summed E-state index contributed by atoms with van der Waals surface area (Å²) in [6.07, 6.45) is 2.51. The summed E-state index contributed by atoms with van der Waals surface area (Å²) < 4.78 is 9.86. The van der Waals surface area contributed by atoms with E-state index in [0.717, 1.165) is 12.2 Å². The molecule has 9 heteroatoms. The third kappa shape index (κ3) is 11.4. The highest BCUT2D eigenvalue weighted by atomic mass is 16.5. The maximum Gasteiger partial charge on any atom is 0.330 e. The van der Waals surface area contributed by atoms with E-state index in [4.69, 9.17) is 9.47 Å². The number of urea groups is 1. The van der Waals surface area contributed by atoms with Gasteiger partial charge in [0.25, 0.3) is 0 Å². The van der Waals surface area contributed by atoms with Crippen LogP contribution in [0.15, 0.2) is 25.3 Å². The van der Waals surface area contributed by atoms with Crippen molar-refractivity contribution >= 4 is 23.9 Å². The quantitative estimate of drug-likeness (QED) is 0.273. The minimum absolute atomic E-state index is 0.148. The summed E-state index contributed by atoms with van der Waals surface area (Å²) in [4.78, 5) is 45.1. The second-order valence-corrected chi connectivity index (χ2v) is 5.40. The second-order valence-electron chi connectivity index (χ2n) is 5.40. The molecule has 0 unspecified atom stereocenters. The van der Waals surface area contributed by atoms with E-state index in [1.165, 1.54) is 6.92 Å². The van der Waals surface area contributed by atoms with E-state index < -0.39 is 23.5 Å². The van der Waals surface area contributed by atoms with Gasteiger partial charge in [-0.25, -0.2) is 14.4 Å². The molecule has 0 fully saturated rings. The average molecular weight is 355 g/mol. The average Bonchev–Trinajstić information content (AvgIpc) is 2.57. The van der Waals surface area contributed by atoms with Gasteiger partial charge in [0.2, 0.25) is 5.91 Å². The number of hydrogen-bond donors (Lipinski definition) is 3. The molecule has 0 bridgehead atoms. The first-order valence-electron chi connectivity index (χ1n) is 7.61. The Balaban J connectivity index is 4.51. The van der Waals surface area contributed by atoms with Crippen molar-refractivity contribution in [2.75, 3.05) is 26.3 Å². The van der Waals surface area contributed by atoms with Crippen LogP contribution in [-0.2, 0) is 23.9 Å². The Labute approximate surface area is 146 Å². The summed E-state index contributed by atoms with van der Waals surface area (Å²) in [5, 5.41) is 7.79. The molecule has 9 nitrogen and oxygen atoms in total. The molecule has 0 aromatic rings. The molecular formula is C16H25N3O6. The summed E-state index contributed by atoms with van der Waals surface area (Å²) in [5.41, 5.74) is -1.14. The summed E-state index contributed by atoms with van der Waals surface area (Å²) >= 11 is 0. The highest BCUT2D eigenvalue weighted by molar-refractivity contribution is 5.82. The summed E-state index contributed by atoms with van der Waals surface area (Å²) in [5.74, 6) is -1.48. The van der Waals surface area contributed by atoms with Gasteiger partial charge in [-0.2, -0.15) is 0 Å². The molecule has 0 aromatic heterocycles. The number of carbonyl (C=O) groups is 4. The lowest BCUT2D eigenvalue weighted by atomic mass is 10.1. The van der Waals surface area contributed by atoms with Crippen LogP contribution in [-0.4, -0.2) is 55.7 Å². The van der Waals surface area contributed by atoms with Crippen molar-refractivity contribution in [2.24, 2.45) is 0 Å². The van der Waals surface area contributed by atoms with E-state index in [0.29, 0.717) is 19.5 Å². The lowest BCUT2D eigenvalue weighted by Crippen LogP contribution is -2.56. The zero-order valence-corrected chi connectivity index (χ0v) is 14.6. The van der Waals surface area contributed by atoms with Gasteiger partial charge in [0.15, 0.2) is 0 Å². The largest absolute Gasteiger partial charge is 0.460 e. The van der Waals surface area contributed by atoms with Gasteiger partial charge in [-0.15, -0.1) is 0 Å². The number of rotatable bonds is 11. The SMILES string of the molecule is C=CC(=O)OCC(C)(COC(=O)C=C)NC(=O)NCCCNC(C)=O. The van der Waals surface area contributed by atoms with E-state index >= 15 is 0 Å². The zero-order valence-electron chi connectivity index (χ0n) is 14.6. The molecule has 0 atom stereocenters. The van der Waals surface area contributed by atoms with Crippen LogP contribution in [0.5, 0.6) is 0 Å². The number of esters is 2. The molecule has 25 heavy (non-hydrogen) atoms. The Morgan fingerprint density at radius 1 is 0.960 bits per heavy atom. The fraction of sp³-hybridized carbons (Fsp3) is 0.500. The molecule has 0 aliphatic heterocycles. The van der Waals surface area contributed by atoms with E-state index in [9.17, 15) is 19.2 Å². The van der Waals surface area contributed by atoms with Gasteiger partial charge in [0.1, 0.15) is 18.8 Å². The Morgan fingerprint density at radius 2 is 1.44 bits per heavy atom. The molecule has 0 radical (unpaired) electrons. The minimum atomic E-state index is -1.14. The Bertz CT molecular complexity index is 494. The van der Waals surface area contributed by atoms with Gasteiger partial charge in [-0.1, -0.05) is 13.2 Å². The molecule has 0 aliphatic rings. The molecule has 0 aromatic carbocycles. The number of ether oxygens (including phenoxy) is 2. The van der Waals surface area contributed by atoms with Crippen molar-refractivity contribution < 1.29 is 28.7 Å². The molecule has 0 saturated heterocycles. The highest BCUT2D eigenvalue weighted by Crippen LogP contribution is 2.07. The van der Waals surface area contributed by atoms with Crippen LogP contribution in [0, 0.1) is 0 Å². The molecule has 0 spiro atoms. The number of nitrogens with one attached hydrogen (secondary N) is 3. The van der Waals surface area contributed by atoms with E-state index in [1.807, 2.05) is 0 Å². The molecule has 3 amide bonds. The normalized spacial score (nSPS) is 10.2. The topological polar surface area (TPSA) is 123 Å². The maximum absolute atomic E-state index is 12.0. The molecule has 140 valence electrons. The third-order valence-corrected chi connectivity index (χ3v) is 2.83. The van der Waals surface area contributed by atoms with Gasteiger partial charge in [0.05, 0.1) is 0 Å². The maximum atomic E-state index is 12.0. The Hall–Kier alpha value is -2.84. The molecule has 3 N–H and O–H groups in total. The lowest BCUT2D eigenvalue weighted by Gasteiger charge is -2.29. The van der Waals surface area contributed by atoms with Crippen molar-refractivity contribution in [3.05, 3.63) is 25.3 Å². The molecule has 0 aliphatic carbocycles. The van der Waals surface area contributed by atoms with Crippen LogP contribution in [0.1, 0.15) is 20.3 Å². The summed E-state index contributed by atoms with van der Waals surface area (Å²) in [6, 6.07) is -0.533. The van der Waals surface area contributed by atoms with Crippen molar-refractivity contribution in [2.45, 2.75) is 25.8 Å². The van der Waals surface area contributed by atoms with Crippen LogP contribution in [0.3, 0.4) is 0 Å². The fourth-order valence-corrected chi connectivity index (χ4v) is 1.57.